The zero-order valence-electron chi connectivity index (χ0n) is 8.57. The largest absolute Gasteiger partial charge is 0.378 e. The van der Waals surface area contributed by atoms with Gasteiger partial charge in [0.05, 0.1) is 31.8 Å². The fourth-order valence-electron chi connectivity index (χ4n) is 1.05. The first-order valence-corrected chi connectivity index (χ1v) is 5.45. The molecule has 0 atom stereocenters. The van der Waals surface area contributed by atoms with Crippen LogP contribution in [0.4, 0.5) is 0 Å². The van der Waals surface area contributed by atoms with Crippen LogP contribution < -0.4 is 11.3 Å². The van der Waals surface area contributed by atoms with Crippen LogP contribution in [0, 0.1) is 6.92 Å². The smallest absolute Gasteiger partial charge is 0.267 e. The van der Waals surface area contributed by atoms with E-state index in [2.05, 4.69) is 20.9 Å². The number of nitrogens with zero attached hydrogens (tertiary/aromatic N) is 2. The maximum Gasteiger partial charge on any atom is 0.267 e. The molecule has 1 heterocycles. The third-order valence-electron chi connectivity index (χ3n) is 1.90. The van der Waals surface area contributed by atoms with Crippen LogP contribution in [0.15, 0.2) is 15.6 Å². The van der Waals surface area contributed by atoms with Gasteiger partial charge in [0, 0.05) is 6.54 Å². The van der Waals surface area contributed by atoms with E-state index in [1.807, 2.05) is 0 Å². The Labute approximate surface area is 96.4 Å². The first kappa shape index (κ1) is 12.4. The normalized spacial score (nSPS) is 10.6. The van der Waals surface area contributed by atoms with Crippen molar-refractivity contribution >= 4 is 15.9 Å². The van der Waals surface area contributed by atoms with Crippen molar-refractivity contribution in [2.24, 2.45) is 5.73 Å². The maximum absolute atomic E-state index is 11.6. The van der Waals surface area contributed by atoms with E-state index in [0.29, 0.717) is 36.5 Å². The zero-order valence-corrected chi connectivity index (χ0v) is 10.2. The van der Waals surface area contributed by atoms with Gasteiger partial charge >= 0.3 is 0 Å². The summed E-state index contributed by atoms with van der Waals surface area (Å²) in [4.78, 5) is 15.7. The topological polar surface area (TPSA) is 70.1 Å². The molecule has 0 spiro atoms. The molecule has 5 nitrogen and oxygen atoms in total. The standard InChI is InChI=1S/C9H14BrN3O2/c1-7-8(10)9(14)13(6-12-7)3-5-15-4-2-11/h6H,2-5,11H2,1H3. The molecule has 0 unspecified atom stereocenters. The predicted molar refractivity (Wildman–Crippen MR) is 60.8 cm³/mol. The van der Waals surface area contributed by atoms with Gasteiger partial charge in [-0.1, -0.05) is 0 Å². The minimum atomic E-state index is -0.0844. The van der Waals surface area contributed by atoms with E-state index in [-0.39, 0.29) is 5.56 Å². The summed E-state index contributed by atoms with van der Waals surface area (Å²) in [6.45, 7) is 3.74. The Kier molecular flexibility index (Phi) is 4.93. The number of ether oxygens (including phenoxy) is 1. The minimum Gasteiger partial charge on any atom is -0.378 e. The van der Waals surface area contributed by atoms with Crippen LogP contribution in [0.1, 0.15) is 5.69 Å². The van der Waals surface area contributed by atoms with Crippen LogP contribution in [0.2, 0.25) is 0 Å². The molecular formula is C9H14BrN3O2. The SMILES string of the molecule is Cc1ncn(CCOCCN)c(=O)c1Br. The highest BCUT2D eigenvalue weighted by atomic mass is 79.9. The fraction of sp³-hybridized carbons (Fsp3) is 0.556. The van der Waals surface area contributed by atoms with E-state index < -0.39 is 0 Å². The third kappa shape index (κ3) is 3.40. The van der Waals surface area contributed by atoms with Crippen LogP contribution in [0.3, 0.4) is 0 Å². The fourth-order valence-corrected chi connectivity index (χ4v) is 1.38. The van der Waals surface area contributed by atoms with E-state index in [9.17, 15) is 4.79 Å². The molecular weight excluding hydrogens is 262 g/mol. The summed E-state index contributed by atoms with van der Waals surface area (Å²) in [5.74, 6) is 0. The van der Waals surface area contributed by atoms with E-state index >= 15 is 0 Å². The van der Waals surface area contributed by atoms with Gasteiger partial charge in [0.2, 0.25) is 0 Å². The van der Waals surface area contributed by atoms with E-state index in [1.165, 1.54) is 10.9 Å². The molecule has 0 aliphatic rings. The average molecular weight is 276 g/mol. The summed E-state index contributed by atoms with van der Waals surface area (Å²) in [5, 5.41) is 0. The average Bonchev–Trinajstić information content (AvgIpc) is 2.24. The molecule has 2 N–H and O–H groups in total. The van der Waals surface area contributed by atoms with Crippen LogP contribution in [0.5, 0.6) is 0 Å². The lowest BCUT2D eigenvalue weighted by atomic mass is 10.4. The Morgan fingerprint density at radius 1 is 1.60 bits per heavy atom. The van der Waals surface area contributed by atoms with Gasteiger partial charge < -0.3 is 10.5 Å². The van der Waals surface area contributed by atoms with Crippen LogP contribution in [-0.2, 0) is 11.3 Å². The van der Waals surface area contributed by atoms with Crippen molar-refractivity contribution in [3.05, 3.63) is 26.8 Å². The number of aromatic nitrogens is 2. The molecule has 6 heteroatoms. The Morgan fingerprint density at radius 2 is 2.33 bits per heavy atom. The number of aryl methyl sites for hydroxylation is 1. The van der Waals surface area contributed by atoms with E-state index in [0.717, 1.165) is 0 Å². The Balaban J connectivity index is 2.63. The van der Waals surface area contributed by atoms with Gasteiger partial charge in [0.1, 0.15) is 4.47 Å². The van der Waals surface area contributed by atoms with Crippen molar-refractivity contribution in [2.75, 3.05) is 19.8 Å². The lowest BCUT2D eigenvalue weighted by molar-refractivity contribution is 0.132. The van der Waals surface area contributed by atoms with Crippen molar-refractivity contribution in [2.45, 2.75) is 13.5 Å². The molecule has 0 aliphatic carbocycles. The molecule has 1 aromatic rings. The molecule has 0 aromatic carbocycles. The van der Waals surface area contributed by atoms with Gasteiger partial charge in [0.15, 0.2) is 0 Å². The number of rotatable bonds is 5. The Hall–Kier alpha value is -0.720. The zero-order chi connectivity index (χ0) is 11.3. The minimum absolute atomic E-state index is 0.0844. The molecule has 0 amide bonds. The number of halogens is 1. The number of nitrogens with two attached hydrogens (primary N) is 1. The monoisotopic (exact) mass is 275 g/mol. The molecule has 0 radical (unpaired) electrons. The summed E-state index contributed by atoms with van der Waals surface area (Å²) in [5.41, 5.74) is 5.88. The van der Waals surface area contributed by atoms with Crippen molar-refractivity contribution in [1.29, 1.82) is 0 Å². The number of hydrogen-bond acceptors (Lipinski definition) is 4. The van der Waals surface area contributed by atoms with Crippen molar-refractivity contribution in [3.8, 4) is 0 Å². The molecule has 1 aromatic heterocycles. The predicted octanol–water partition coefficient (Wildman–Crippen LogP) is 0.290. The van der Waals surface area contributed by atoms with Gasteiger partial charge in [-0.25, -0.2) is 4.98 Å². The van der Waals surface area contributed by atoms with Gasteiger partial charge in [-0.15, -0.1) is 0 Å². The summed E-state index contributed by atoms with van der Waals surface area (Å²) < 4.78 is 7.20. The summed E-state index contributed by atoms with van der Waals surface area (Å²) in [6.07, 6.45) is 1.52. The lowest BCUT2D eigenvalue weighted by Crippen LogP contribution is -2.24. The molecule has 0 fully saturated rings. The molecule has 0 bridgehead atoms. The summed E-state index contributed by atoms with van der Waals surface area (Å²) >= 11 is 3.20. The molecule has 0 saturated carbocycles. The van der Waals surface area contributed by atoms with Crippen molar-refractivity contribution in [3.63, 3.8) is 0 Å². The van der Waals surface area contributed by atoms with E-state index in [1.54, 1.807) is 6.92 Å². The Bertz CT molecular complexity index is 378. The number of hydrogen-bond donors (Lipinski definition) is 1. The van der Waals surface area contributed by atoms with Crippen LogP contribution >= 0.6 is 15.9 Å². The highest BCUT2D eigenvalue weighted by molar-refractivity contribution is 9.10. The van der Waals surface area contributed by atoms with Gasteiger partial charge in [-0.3, -0.25) is 9.36 Å². The van der Waals surface area contributed by atoms with Gasteiger partial charge in [0.25, 0.3) is 5.56 Å². The molecule has 15 heavy (non-hydrogen) atoms. The maximum atomic E-state index is 11.6. The summed E-state index contributed by atoms with van der Waals surface area (Å²) in [6, 6.07) is 0. The van der Waals surface area contributed by atoms with Crippen LogP contribution in [-0.4, -0.2) is 29.3 Å². The van der Waals surface area contributed by atoms with E-state index in [4.69, 9.17) is 10.5 Å². The lowest BCUT2D eigenvalue weighted by Gasteiger charge is -2.06. The first-order valence-electron chi connectivity index (χ1n) is 4.66. The second-order valence-electron chi connectivity index (χ2n) is 3.04. The first-order chi connectivity index (χ1) is 7.16. The highest BCUT2D eigenvalue weighted by Crippen LogP contribution is 2.05. The van der Waals surface area contributed by atoms with Gasteiger partial charge in [-0.05, 0) is 22.9 Å². The van der Waals surface area contributed by atoms with Crippen molar-refractivity contribution in [1.82, 2.24) is 9.55 Å². The summed E-state index contributed by atoms with van der Waals surface area (Å²) in [7, 11) is 0. The second-order valence-corrected chi connectivity index (χ2v) is 3.84. The Morgan fingerprint density at radius 3 is 3.00 bits per heavy atom. The van der Waals surface area contributed by atoms with Crippen molar-refractivity contribution < 1.29 is 4.74 Å². The molecule has 0 aliphatic heterocycles. The third-order valence-corrected chi connectivity index (χ3v) is 2.81. The van der Waals surface area contributed by atoms with Gasteiger partial charge in [-0.2, -0.15) is 0 Å². The second kappa shape index (κ2) is 5.99. The molecule has 0 saturated heterocycles. The molecule has 84 valence electrons. The quantitative estimate of drug-likeness (QED) is 0.785. The van der Waals surface area contributed by atoms with Crippen LogP contribution in [0.25, 0.3) is 0 Å². The molecule has 1 rings (SSSR count). The highest BCUT2D eigenvalue weighted by Gasteiger charge is 2.04.